The zero-order chi connectivity index (χ0) is 19.8. The van der Waals surface area contributed by atoms with Gasteiger partial charge in [-0.05, 0) is 36.4 Å². The molecule has 0 saturated heterocycles. The van der Waals surface area contributed by atoms with Gasteiger partial charge < -0.3 is 5.32 Å². The third-order valence-electron chi connectivity index (χ3n) is 4.57. The minimum absolute atomic E-state index is 0.148. The van der Waals surface area contributed by atoms with E-state index in [0.717, 1.165) is 11.1 Å². The van der Waals surface area contributed by atoms with Gasteiger partial charge in [0.05, 0.1) is 10.4 Å². The van der Waals surface area contributed by atoms with E-state index >= 15 is 0 Å². The number of hydrogen-bond acceptors (Lipinski definition) is 6. The van der Waals surface area contributed by atoms with Crippen molar-refractivity contribution in [1.29, 1.82) is 0 Å². The molecule has 0 unspecified atom stereocenters. The first kappa shape index (κ1) is 17.3. The SMILES string of the molecule is O=S(=O)(c1ccccc1)c1nnn2c1nc(Nc1ccccc1)c1ccccc12. The molecule has 29 heavy (non-hydrogen) atoms. The number of anilines is 2. The predicted molar refractivity (Wildman–Crippen MR) is 110 cm³/mol. The Hall–Kier alpha value is -3.78. The van der Waals surface area contributed by atoms with E-state index in [1.807, 2.05) is 54.6 Å². The van der Waals surface area contributed by atoms with E-state index in [-0.39, 0.29) is 15.6 Å². The summed E-state index contributed by atoms with van der Waals surface area (Å²) in [7, 11) is -3.87. The highest BCUT2D eigenvalue weighted by atomic mass is 32.2. The summed E-state index contributed by atoms with van der Waals surface area (Å²) in [6.45, 7) is 0. The molecule has 0 aliphatic carbocycles. The van der Waals surface area contributed by atoms with Crippen LogP contribution in [-0.2, 0) is 9.84 Å². The van der Waals surface area contributed by atoms with Gasteiger partial charge in [-0.2, -0.15) is 4.52 Å². The van der Waals surface area contributed by atoms with Gasteiger partial charge in [0.25, 0.3) is 0 Å². The highest BCUT2D eigenvalue weighted by Gasteiger charge is 2.26. The van der Waals surface area contributed by atoms with Crippen LogP contribution in [0.4, 0.5) is 11.5 Å². The van der Waals surface area contributed by atoms with E-state index in [1.54, 1.807) is 18.2 Å². The lowest BCUT2D eigenvalue weighted by atomic mass is 10.2. The maximum atomic E-state index is 13.1. The molecule has 0 fully saturated rings. The number of rotatable bonds is 4. The van der Waals surface area contributed by atoms with Gasteiger partial charge in [-0.1, -0.05) is 53.7 Å². The number of nitrogens with zero attached hydrogens (tertiary/aromatic N) is 4. The first-order valence-electron chi connectivity index (χ1n) is 8.91. The maximum Gasteiger partial charge on any atom is 0.229 e. The Kier molecular flexibility index (Phi) is 3.99. The van der Waals surface area contributed by atoms with Crippen LogP contribution < -0.4 is 5.32 Å². The van der Waals surface area contributed by atoms with Crippen LogP contribution in [0.1, 0.15) is 0 Å². The van der Waals surface area contributed by atoms with Crippen LogP contribution in [0, 0.1) is 0 Å². The standard InChI is InChI=1S/C21H15N5O2S/c27-29(28,16-11-5-2-6-12-16)21-20-23-19(22-15-9-3-1-4-10-15)17-13-7-8-14-18(17)26(20)25-24-21/h1-14H,(H,22,23). The Morgan fingerprint density at radius 2 is 1.45 bits per heavy atom. The Bertz CT molecular complexity index is 1430. The van der Waals surface area contributed by atoms with Crippen LogP contribution in [0.15, 0.2) is 94.9 Å². The summed E-state index contributed by atoms with van der Waals surface area (Å²) < 4.78 is 27.7. The van der Waals surface area contributed by atoms with Crippen molar-refractivity contribution in [2.45, 2.75) is 9.92 Å². The first-order valence-corrected chi connectivity index (χ1v) is 10.4. The van der Waals surface area contributed by atoms with E-state index in [2.05, 4.69) is 20.6 Å². The van der Waals surface area contributed by atoms with Gasteiger partial charge in [0, 0.05) is 11.1 Å². The molecule has 5 aromatic rings. The summed E-state index contributed by atoms with van der Waals surface area (Å²) in [5.41, 5.74) is 1.72. The van der Waals surface area contributed by atoms with Crippen molar-refractivity contribution in [1.82, 2.24) is 19.8 Å². The number of aromatic nitrogens is 4. The molecule has 0 atom stereocenters. The van der Waals surface area contributed by atoms with Crippen molar-refractivity contribution >= 4 is 37.9 Å². The fourth-order valence-electron chi connectivity index (χ4n) is 3.18. The topological polar surface area (TPSA) is 89.2 Å². The maximum absolute atomic E-state index is 13.1. The lowest BCUT2D eigenvalue weighted by Gasteiger charge is -2.10. The second kappa shape index (κ2) is 6.68. The average molecular weight is 401 g/mol. The molecular weight excluding hydrogens is 386 g/mol. The number of hydrogen-bond donors (Lipinski definition) is 1. The molecule has 8 heteroatoms. The molecule has 0 amide bonds. The second-order valence-corrected chi connectivity index (χ2v) is 8.28. The quantitative estimate of drug-likeness (QED) is 0.492. The number of nitrogens with one attached hydrogen (secondary N) is 1. The fraction of sp³-hybridized carbons (Fsp3) is 0. The normalized spacial score (nSPS) is 11.7. The Labute approximate surface area is 166 Å². The zero-order valence-electron chi connectivity index (χ0n) is 15.1. The minimum Gasteiger partial charge on any atom is -0.340 e. The van der Waals surface area contributed by atoms with Gasteiger partial charge in [0.1, 0.15) is 5.82 Å². The van der Waals surface area contributed by atoms with Crippen LogP contribution in [0.3, 0.4) is 0 Å². The van der Waals surface area contributed by atoms with E-state index in [1.165, 1.54) is 16.6 Å². The molecule has 2 aromatic heterocycles. The molecule has 2 heterocycles. The Morgan fingerprint density at radius 1 is 0.793 bits per heavy atom. The van der Waals surface area contributed by atoms with Gasteiger partial charge in [-0.3, -0.25) is 0 Å². The number of sulfone groups is 1. The van der Waals surface area contributed by atoms with Gasteiger partial charge >= 0.3 is 0 Å². The minimum atomic E-state index is -3.87. The largest absolute Gasteiger partial charge is 0.340 e. The molecule has 0 saturated carbocycles. The van der Waals surface area contributed by atoms with Crippen molar-refractivity contribution in [2.24, 2.45) is 0 Å². The molecule has 5 rings (SSSR count). The summed E-state index contributed by atoms with van der Waals surface area (Å²) in [6.07, 6.45) is 0. The van der Waals surface area contributed by atoms with Gasteiger partial charge in [-0.15, -0.1) is 5.10 Å². The van der Waals surface area contributed by atoms with Gasteiger partial charge in [-0.25, -0.2) is 13.4 Å². The third kappa shape index (κ3) is 2.90. The van der Waals surface area contributed by atoms with Crippen LogP contribution in [0.2, 0.25) is 0 Å². The van der Waals surface area contributed by atoms with E-state index < -0.39 is 9.84 Å². The first-order chi connectivity index (χ1) is 14.1. The summed E-state index contributed by atoms with van der Waals surface area (Å²) >= 11 is 0. The highest BCUT2D eigenvalue weighted by Crippen LogP contribution is 2.29. The molecular formula is C21H15N5O2S. The molecule has 0 radical (unpaired) electrons. The fourth-order valence-corrected chi connectivity index (χ4v) is 4.44. The summed E-state index contributed by atoms with van der Waals surface area (Å²) in [5, 5.41) is 12.0. The van der Waals surface area contributed by atoms with Gasteiger partial charge in [0.15, 0.2) is 5.65 Å². The monoisotopic (exact) mass is 401 g/mol. The lowest BCUT2D eigenvalue weighted by Crippen LogP contribution is -2.05. The average Bonchev–Trinajstić information content (AvgIpc) is 3.20. The van der Waals surface area contributed by atoms with Crippen molar-refractivity contribution in [3.05, 3.63) is 84.9 Å². The predicted octanol–water partition coefficient (Wildman–Crippen LogP) is 3.85. The highest BCUT2D eigenvalue weighted by molar-refractivity contribution is 7.91. The van der Waals surface area contributed by atoms with E-state index in [0.29, 0.717) is 11.3 Å². The molecule has 7 nitrogen and oxygen atoms in total. The number of para-hydroxylation sites is 2. The van der Waals surface area contributed by atoms with Crippen molar-refractivity contribution < 1.29 is 8.42 Å². The number of fused-ring (bicyclic) bond motifs is 3. The second-order valence-electron chi connectivity index (χ2n) is 6.42. The Morgan fingerprint density at radius 3 is 2.21 bits per heavy atom. The molecule has 0 spiro atoms. The third-order valence-corrected chi connectivity index (χ3v) is 6.23. The molecule has 3 aromatic carbocycles. The van der Waals surface area contributed by atoms with Crippen LogP contribution >= 0.6 is 0 Å². The van der Waals surface area contributed by atoms with Crippen molar-refractivity contribution in [2.75, 3.05) is 5.32 Å². The van der Waals surface area contributed by atoms with E-state index in [9.17, 15) is 8.42 Å². The zero-order valence-corrected chi connectivity index (χ0v) is 15.9. The Balaban J connectivity index is 1.77. The number of benzene rings is 3. The van der Waals surface area contributed by atoms with Crippen LogP contribution in [-0.4, -0.2) is 28.2 Å². The van der Waals surface area contributed by atoms with Crippen LogP contribution in [0.5, 0.6) is 0 Å². The summed E-state index contributed by atoms with van der Waals surface area (Å²) in [5.74, 6) is 0.533. The molecule has 1 N–H and O–H groups in total. The molecule has 142 valence electrons. The van der Waals surface area contributed by atoms with Crippen molar-refractivity contribution in [3.8, 4) is 0 Å². The molecule has 0 aliphatic heterocycles. The lowest BCUT2D eigenvalue weighted by molar-refractivity contribution is 0.592. The molecule has 0 aliphatic rings. The van der Waals surface area contributed by atoms with E-state index in [4.69, 9.17) is 0 Å². The molecule has 0 bridgehead atoms. The summed E-state index contributed by atoms with van der Waals surface area (Å²) in [4.78, 5) is 4.75. The smallest absolute Gasteiger partial charge is 0.229 e. The summed E-state index contributed by atoms with van der Waals surface area (Å²) in [6, 6.07) is 25.3. The van der Waals surface area contributed by atoms with Gasteiger partial charge in [0.2, 0.25) is 14.9 Å². The van der Waals surface area contributed by atoms with Crippen LogP contribution in [0.25, 0.3) is 16.6 Å². The van der Waals surface area contributed by atoms with Crippen molar-refractivity contribution in [3.63, 3.8) is 0 Å².